The molecule has 2 heterocycles. The SMILES string of the molecule is CN1CCC[C@H]1c1ccncc1. The minimum Gasteiger partial charge on any atom is -0.299 e. The average molecular weight is 162 g/mol. The van der Waals surface area contributed by atoms with Gasteiger partial charge in [0.1, 0.15) is 0 Å². The van der Waals surface area contributed by atoms with Gasteiger partial charge in [-0.15, -0.1) is 0 Å². The van der Waals surface area contributed by atoms with Gasteiger partial charge in [-0.1, -0.05) is 0 Å². The number of pyridine rings is 1. The third kappa shape index (κ3) is 1.34. The zero-order chi connectivity index (χ0) is 8.39. The molecule has 0 amide bonds. The first kappa shape index (κ1) is 7.74. The lowest BCUT2D eigenvalue weighted by Crippen LogP contribution is -2.17. The maximum Gasteiger partial charge on any atom is 0.0346 e. The third-order valence-electron chi connectivity index (χ3n) is 2.61. The summed E-state index contributed by atoms with van der Waals surface area (Å²) >= 11 is 0. The number of likely N-dealkylation sites (tertiary alicyclic amines) is 1. The first-order chi connectivity index (χ1) is 5.88. The van der Waals surface area contributed by atoms with Crippen molar-refractivity contribution in [1.29, 1.82) is 0 Å². The summed E-state index contributed by atoms with van der Waals surface area (Å²) in [5.74, 6) is 0. The summed E-state index contributed by atoms with van der Waals surface area (Å²) in [5.41, 5.74) is 1.41. The number of hydrogen-bond acceptors (Lipinski definition) is 2. The van der Waals surface area contributed by atoms with E-state index in [2.05, 4.69) is 29.1 Å². The van der Waals surface area contributed by atoms with Gasteiger partial charge in [0.05, 0.1) is 0 Å². The van der Waals surface area contributed by atoms with Crippen molar-refractivity contribution in [3.63, 3.8) is 0 Å². The maximum atomic E-state index is 4.02. The van der Waals surface area contributed by atoms with E-state index >= 15 is 0 Å². The topological polar surface area (TPSA) is 16.1 Å². The molecule has 1 saturated heterocycles. The van der Waals surface area contributed by atoms with Crippen molar-refractivity contribution in [3.8, 4) is 0 Å². The molecule has 0 bridgehead atoms. The van der Waals surface area contributed by atoms with Crippen LogP contribution >= 0.6 is 0 Å². The monoisotopic (exact) mass is 162 g/mol. The van der Waals surface area contributed by atoms with E-state index in [4.69, 9.17) is 0 Å². The van der Waals surface area contributed by atoms with E-state index in [1.165, 1.54) is 24.9 Å². The lowest BCUT2D eigenvalue weighted by atomic mass is 10.1. The highest BCUT2D eigenvalue weighted by molar-refractivity contribution is 5.15. The summed E-state index contributed by atoms with van der Waals surface area (Å²) in [6.45, 7) is 1.23. The van der Waals surface area contributed by atoms with E-state index in [1.807, 2.05) is 12.4 Å². The zero-order valence-electron chi connectivity index (χ0n) is 7.40. The standard InChI is InChI=1S/C10H14N2/c1-12-8-2-3-10(12)9-4-6-11-7-5-9/h4-7,10H,2-3,8H2,1H3/t10-/m0/s1. The molecule has 64 valence electrons. The van der Waals surface area contributed by atoms with Crippen LogP contribution in [0.15, 0.2) is 24.5 Å². The van der Waals surface area contributed by atoms with Crippen molar-refractivity contribution in [2.75, 3.05) is 13.6 Å². The largest absolute Gasteiger partial charge is 0.299 e. The molecule has 1 aromatic heterocycles. The van der Waals surface area contributed by atoms with Crippen LogP contribution in [-0.2, 0) is 0 Å². The molecule has 1 aliphatic heterocycles. The van der Waals surface area contributed by atoms with Crippen LogP contribution in [0.3, 0.4) is 0 Å². The molecule has 2 nitrogen and oxygen atoms in total. The summed E-state index contributed by atoms with van der Waals surface area (Å²) in [7, 11) is 2.19. The van der Waals surface area contributed by atoms with Gasteiger partial charge in [-0.25, -0.2) is 0 Å². The smallest absolute Gasteiger partial charge is 0.0346 e. The minimum absolute atomic E-state index is 0.632. The highest BCUT2D eigenvalue weighted by Crippen LogP contribution is 2.29. The molecule has 1 fully saturated rings. The number of aromatic nitrogens is 1. The van der Waals surface area contributed by atoms with Crippen LogP contribution in [0.1, 0.15) is 24.4 Å². The van der Waals surface area contributed by atoms with Crippen LogP contribution in [0.2, 0.25) is 0 Å². The number of nitrogens with zero attached hydrogens (tertiary/aromatic N) is 2. The second kappa shape index (κ2) is 3.23. The number of rotatable bonds is 1. The van der Waals surface area contributed by atoms with Crippen molar-refractivity contribution in [1.82, 2.24) is 9.88 Å². The van der Waals surface area contributed by atoms with Gasteiger partial charge in [0, 0.05) is 18.4 Å². The Morgan fingerprint density at radius 1 is 1.42 bits per heavy atom. The molecular weight excluding hydrogens is 148 g/mol. The summed E-state index contributed by atoms with van der Waals surface area (Å²) in [6.07, 6.45) is 6.37. The van der Waals surface area contributed by atoms with Gasteiger partial charge >= 0.3 is 0 Å². The van der Waals surface area contributed by atoms with E-state index in [0.717, 1.165) is 0 Å². The Morgan fingerprint density at radius 3 is 2.75 bits per heavy atom. The van der Waals surface area contributed by atoms with Crippen LogP contribution in [0.4, 0.5) is 0 Å². The molecule has 12 heavy (non-hydrogen) atoms. The van der Waals surface area contributed by atoms with Gasteiger partial charge in [0.15, 0.2) is 0 Å². The minimum atomic E-state index is 0.632. The predicted molar refractivity (Wildman–Crippen MR) is 48.8 cm³/mol. The van der Waals surface area contributed by atoms with E-state index in [-0.39, 0.29) is 0 Å². The zero-order valence-corrected chi connectivity index (χ0v) is 7.40. The fraction of sp³-hybridized carbons (Fsp3) is 0.500. The van der Waals surface area contributed by atoms with Gasteiger partial charge in [-0.2, -0.15) is 0 Å². The van der Waals surface area contributed by atoms with E-state index in [9.17, 15) is 0 Å². The van der Waals surface area contributed by atoms with Gasteiger partial charge in [0.2, 0.25) is 0 Å². The van der Waals surface area contributed by atoms with Gasteiger partial charge in [-0.3, -0.25) is 9.88 Å². The molecule has 1 atom stereocenters. The highest BCUT2D eigenvalue weighted by atomic mass is 15.1. The van der Waals surface area contributed by atoms with Gasteiger partial charge < -0.3 is 0 Å². The normalized spacial score (nSPS) is 24.6. The van der Waals surface area contributed by atoms with Crippen LogP contribution in [0, 0.1) is 0 Å². The summed E-state index contributed by atoms with van der Waals surface area (Å²) in [6, 6.07) is 4.87. The van der Waals surface area contributed by atoms with Crippen molar-refractivity contribution in [2.24, 2.45) is 0 Å². The van der Waals surface area contributed by atoms with Gasteiger partial charge in [0.25, 0.3) is 0 Å². The quantitative estimate of drug-likeness (QED) is 0.626. The van der Waals surface area contributed by atoms with E-state index in [1.54, 1.807) is 0 Å². The Balaban J connectivity index is 2.19. The Kier molecular flexibility index (Phi) is 2.09. The second-order valence-corrected chi connectivity index (χ2v) is 3.42. The van der Waals surface area contributed by atoms with E-state index in [0.29, 0.717) is 6.04 Å². The highest BCUT2D eigenvalue weighted by Gasteiger charge is 2.21. The molecule has 0 aliphatic carbocycles. The molecule has 2 heteroatoms. The van der Waals surface area contributed by atoms with Crippen molar-refractivity contribution in [3.05, 3.63) is 30.1 Å². The second-order valence-electron chi connectivity index (χ2n) is 3.42. The Labute approximate surface area is 73.2 Å². The molecule has 2 rings (SSSR count). The molecule has 0 saturated carbocycles. The molecule has 1 aliphatic rings. The summed E-state index contributed by atoms with van der Waals surface area (Å²) < 4.78 is 0. The molecular formula is C10H14N2. The first-order valence-electron chi connectivity index (χ1n) is 4.48. The fourth-order valence-electron chi connectivity index (χ4n) is 1.92. The summed E-state index contributed by atoms with van der Waals surface area (Å²) in [4.78, 5) is 6.44. The van der Waals surface area contributed by atoms with Crippen LogP contribution < -0.4 is 0 Å². The summed E-state index contributed by atoms with van der Waals surface area (Å²) in [5, 5.41) is 0. The Morgan fingerprint density at radius 2 is 2.17 bits per heavy atom. The molecule has 0 spiro atoms. The van der Waals surface area contributed by atoms with Gasteiger partial charge in [-0.05, 0) is 44.1 Å². The number of hydrogen-bond donors (Lipinski definition) is 0. The maximum absolute atomic E-state index is 4.02. The Hall–Kier alpha value is -0.890. The predicted octanol–water partition coefficient (Wildman–Crippen LogP) is 1.85. The molecule has 0 aromatic carbocycles. The lowest BCUT2D eigenvalue weighted by molar-refractivity contribution is 0.317. The van der Waals surface area contributed by atoms with Crippen molar-refractivity contribution in [2.45, 2.75) is 18.9 Å². The lowest BCUT2D eigenvalue weighted by Gasteiger charge is -2.19. The molecule has 1 aromatic rings. The van der Waals surface area contributed by atoms with Crippen molar-refractivity contribution < 1.29 is 0 Å². The van der Waals surface area contributed by atoms with E-state index < -0.39 is 0 Å². The average Bonchev–Trinajstić information content (AvgIpc) is 2.53. The molecule has 0 unspecified atom stereocenters. The fourth-order valence-corrected chi connectivity index (χ4v) is 1.92. The van der Waals surface area contributed by atoms with Crippen LogP contribution in [-0.4, -0.2) is 23.5 Å². The molecule has 0 radical (unpaired) electrons. The van der Waals surface area contributed by atoms with Crippen molar-refractivity contribution >= 4 is 0 Å². The third-order valence-corrected chi connectivity index (χ3v) is 2.61. The molecule has 0 N–H and O–H groups in total. The van der Waals surface area contributed by atoms with Crippen LogP contribution in [0.25, 0.3) is 0 Å². The Bertz CT molecular complexity index is 245. The van der Waals surface area contributed by atoms with Crippen LogP contribution in [0.5, 0.6) is 0 Å². The first-order valence-corrected chi connectivity index (χ1v) is 4.48.